The largest absolute Gasteiger partial charge is 0.493 e. The summed E-state index contributed by atoms with van der Waals surface area (Å²) in [7, 11) is 0.803. The van der Waals surface area contributed by atoms with Crippen molar-refractivity contribution in [2.24, 2.45) is 0 Å². The molecule has 2 aromatic carbocycles. The van der Waals surface area contributed by atoms with Crippen LogP contribution < -0.4 is 19.5 Å². The van der Waals surface area contributed by atoms with E-state index in [-0.39, 0.29) is 17.1 Å². The van der Waals surface area contributed by atoms with Crippen molar-refractivity contribution in [1.29, 1.82) is 0 Å². The number of rotatable bonds is 8. The maximum Gasteiger partial charge on any atom is 0.225 e. The monoisotopic (exact) mass is 413 g/mol. The van der Waals surface area contributed by atoms with E-state index in [1.54, 1.807) is 12.1 Å². The maximum atomic E-state index is 12.3. The Morgan fingerprint density at radius 2 is 1.56 bits per heavy atom. The van der Waals surface area contributed by atoms with Crippen LogP contribution in [0.3, 0.4) is 0 Å². The summed E-state index contributed by atoms with van der Waals surface area (Å²) in [6.07, 6.45) is -0.207. The van der Waals surface area contributed by atoms with Crippen LogP contribution in [0, 0.1) is 0 Å². The summed E-state index contributed by atoms with van der Waals surface area (Å²) < 4.78 is 40.3. The van der Waals surface area contributed by atoms with Crippen molar-refractivity contribution in [3.8, 4) is 17.2 Å². The normalized spacial score (nSPS) is 11.0. The molecule has 0 aliphatic heterocycles. The fourth-order valence-corrected chi connectivity index (χ4v) is 3.73. The quantitative estimate of drug-likeness (QED) is 0.714. The minimum Gasteiger partial charge on any atom is -0.493 e. The highest BCUT2D eigenvalue weighted by Gasteiger charge is 2.18. The number of methoxy groups -OCH3 is 3. The Bertz CT molecular complexity index is 887. The molecule has 27 heavy (non-hydrogen) atoms. The number of ether oxygens (including phenoxy) is 3. The second kappa shape index (κ2) is 8.96. The highest BCUT2D eigenvalue weighted by atomic mass is 35.5. The zero-order valence-corrected chi connectivity index (χ0v) is 16.7. The highest BCUT2D eigenvalue weighted by Crippen LogP contribution is 2.39. The Hall–Kier alpha value is -2.45. The fraction of sp³-hybridized carbons (Fsp3) is 0.278. The van der Waals surface area contributed by atoms with Crippen LogP contribution in [0.5, 0.6) is 17.2 Å². The van der Waals surface area contributed by atoms with E-state index in [0.29, 0.717) is 28.0 Å². The Kier molecular flexibility index (Phi) is 6.92. The lowest BCUT2D eigenvalue weighted by molar-refractivity contribution is -0.115. The van der Waals surface area contributed by atoms with Gasteiger partial charge in [0.05, 0.1) is 32.0 Å². The van der Waals surface area contributed by atoms with Crippen LogP contribution in [-0.2, 0) is 14.6 Å². The predicted octanol–water partition coefficient (Wildman–Crippen LogP) is 3.17. The number of benzene rings is 2. The van der Waals surface area contributed by atoms with Gasteiger partial charge in [-0.2, -0.15) is 0 Å². The summed E-state index contributed by atoms with van der Waals surface area (Å²) in [5, 5.41) is 3.07. The van der Waals surface area contributed by atoms with Gasteiger partial charge in [-0.25, -0.2) is 8.42 Å². The van der Waals surface area contributed by atoms with Gasteiger partial charge in [0.1, 0.15) is 0 Å². The topological polar surface area (TPSA) is 90.9 Å². The summed E-state index contributed by atoms with van der Waals surface area (Å²) in [4.78, 5) is 12.3. The molecular formula is C18H20ClNO6S. The van der Waals surface area contributed by atoms with Crippen molar-refractivity contribution in [3.05, 3.63) is 41.4 Å². The Balaban J connectivity index is 2.08. The fourth-order valence-electron chi connectivity index (χ4n) is 2.36. The number of hydrogen-bond acceptors (Lipinski definition) is 6. The van der Waals surface area contributed by atoms with Crippen molar-refractivity contribution < 1.29 is 27.4 Å². The molecule has 0 saturated carbocycles. The van der Waals surface area contributed by atoms with Crippen molar-refractivity contribution in [2.45, 2.75) is 11.3 Å². The number of halogens is 1. The molecule has 0 aliphatic carbocycles. The molecule has 0 saturated heterocycles. The van der Waals surface area contributed by atoms with Gasteiger partial charge in [0.2, 0.25) is 11.7 Å². The maximum absolute atomic E-state index is 12.3. The molecule has 0 unspecified atom stereocenters. The number of carbonyl (C=O) groups is 1. The molecule has 7 nitrogen and oxygen atoms in total. The van der Waals surface area contributed by atoms with Gasteiger partial charge in [-0.05, 0) is 24.3 Å². The van der Waals surface area contributed by atoms with Crippen molar-refractivity contribution in [3.63, 3.8) is 0 Å². The third-order valence-corrected chi connectivity index (χ3v) is 5.70. The molecule has 9 heteroatoms. The highest BCUT2D eigenvalue weighted by molar-refractivity contribution is 7.91. The van der Waals surface area contributed by atoms with Crippen molar-refractivity contribution in [2.75, 3.05) is 32.4 Å². The molecule has 2 aromatic rings. The van der Waals surface area contributed by atoms with Crippen LogP contribution in [-0.4, -0.2) is 41.4 Å². The number of anilines is 1. The summed E-state index contributed by atoms with van der Waals surface area (Å²) in [5.74, 6) is 0.359. The zero-order valence-electron chi connectivity index (χ0n) is 15.1. The average molecular weight is 414 g/mol. The molecule has 0 spiro atoms. The van der Waals surface area contributed by atoms with Gasteiger partial charge in [-0.1, -0.05) is 11.6 Å². The lowest BCUT2D eigenvalue weighted by Gasteiger charge is -2.14. The van der Waals surface area contributed by atoms with Crippen LogP contribution in [0.4, 0.5) is 5.69 Å². The average Bonchev–Trinajstić information content (AvgIpc) is 2.66. The Morgan fingerprint density at radius 1 is 1.00 bits per heavy atom. The number of hydrogen-bond donors (Lipinski definition) is 1. The lowest BCUT2D eigenvalue weighted by atomic mass is 10.2. The molecule has 1 N–H and O–H groups in total. The molecule has 146 valence electrons. The van der Waals surface area contributed by atoms with Gasteiger partial charge in [0.25, 0.3) is 0 Å². The van der Waals surface area contributed by atoms with Crippen LogP contribution in [0.1, 0.15) is 6.42 Å². The van der Waals surface area contributed by atoms with E-state index in [0.717, 1.165) is 0 Å². The van der Waals surface area contributed by atoms with Crippen molar-refractivity contribution in [1.82, 2.24) is 0 Å². The molecule has 1 amide bonds. The molecule has 2 rings (SSSR count). The van der Waals surface area contributed by atoms with E-state index < -0.39 is 15.7 Å². The van der Waals surface area contributed by atoms with Gasteiger partial charge < -0.3 is 19.5 Å². The third kappa shape index (κ3) is 5.27. The first kappa shape index (κ1) is 20.9. The molecule has 0 fully saturated rings. The second-order valence-corrected chi connectivity index (χ2v) is 8.03. The standard InChI is InChI=1S/C18H20ClNO6S/c1-24-15-10-13(11-16(25-2)18(15)26-3)20-17(21)8-9-27(22,23)14-6-4-12(19)5-7-14/h4-7,10-11H,8-9H2,1-3H3,(H,20,21). The van der Waals surface area contributed by atoms with Crippen molar-refractivity contribution >= 4 is 33.0 Å². The van der Waals surface area contributed by atoms with E-state index in [1.165, 1.54) is 45.6 Å². The smallest absolute Gasteiger partial charge is 0.225 e. The van der Waals surface area contributed by atoms with Gasteiger partial charge in [0.15, 0.2) is 21.3 Å². The molecule has 0 radical (unpaired) electrons. The summed E-state index contributed by atoms with van der Waals surface area (Å²) in [6, 6.07) is 8.93. The number of sulfone groups is 1. The van der Waals surface area contributed by atoms with Gasteiger partial charge >= 0.3 is 0 Å². The molecule has 0 heterocycles. The van der Waals surface area contributed by atoms with E-state index >= 15 is 0 Å². The van der Waals surface area contributed by atoms with Crippen LogP contribution in [0.15, 0.2) is 41.3 Å². The molecule has 0 aromatic heterocycles. The first-order valence-electron chi connectivity index (χ1n) is 7.89. The molecular weight excluding hydrogens is 394 g/mol. The molecule has 0 aliphatic rings. The summed E-state index contributed by atoms with van der Waals surface area (Å²) >= 11 is 5.76. The van der Waals surface area contributed by atoms with Gasteiger partial charge in [-0.3, -0.25) is 4.79 Å². The third-order valence-electron chi connectivity index (χ3n) is 3.72. The van der Waals surface area contributed by atoms with E-state index in [1.807, 2.05) is 0 Å². The number of nitrogens with one attached hydrogen (secondary N) is 1. The first-order valence-corrected chi connectivity index (χ1v) is 9.92. The molecule has 0 bridgehead atoms. The van der Waals surface area contributed by atoms with Gasteiger partial charge in [0, 0.05) is 29.3 Å². The van der Waals surface area contributed by atoms with E-state index in [9.17, 15) is 13.2 Å². The predicted molar refractivity (Wildman–Crippen MR) is 103 cm³/mol. The van der Waals surface area contributed by atoms with Crippen LogP contribution in [0.2, 0.25) is 5.02 Å². The lowest BCUT2D eigenvalue weighted by Crippen LogP contribution is -2.17. The van der Waals surface area contributed by atoms with Crippen LogP contribution >= 0.6 is 11.6 Å². The minimum atomic E-state index is -3.59. The van der Waals surface area contributed by atoms with Gasteiger partial charge in [-0.15, -0.1) is 0 Å². The first-order chi connectivity index (χ1) is 12.8. The number of amides is 1. The summed E-state index contributed by atoms with van der Waals surface area (Å²) in [5.41, 5.74) is 0.401. The minimum absolute atomic E-state index is 0.118. The second-order valence-electron chi connectivity index (χ2n) is 5.48. The van der Waals surface area contributed by atoms with Crippen LogP contribution in [0.25, 0.3) is 0 Å². The Labute approximate surface area is 163 Å². The van der Waals surface area contributed by atoms with E-state index in [2.05, 4.69) is 5.32 Å². The number of carbonyl (C=O) groups excluding carboxylic acids is 1. The summed E-state index contributed by atoms with van der Waals surface area (Å²) in [6.45, 7) is 0. The SMILES string of the molecule is COc1cc(NC(=O)CCS(=O)(=O)c2ccc(Cl)cc2)cc(OC)c1OC. The zero-order chi connectivity index (χ0) is 20.0. The van der Waals surface area contributed by atoms with E-state index in [4.69, 9.17) is 25.8 Å². The Morgan fingerprint density at radius 3 is 2.04 bits per heavy atom. The molecule has 0 atom stereocenters.